The molecule has 2 heterocycles. The van der Waals surface area contributed by atoms with Gasteiger partial charge in [-0.2, -0.15) is 0 Å². The van der Waals surface area contributed by atoms with Crippen LogP contribution >= 0.6 is 22.7 Å². The summed E-state index contributed by atoms with van der Waals surface area (Å²) >= 11 is 3.37. The van der Waals surface area contributed by atoms with E-state index in [0.717, 1.165) is 11.3 Å². The van der Waals surface area contributed by atoms with E-state index in [4.69, 9.17) is 0 Å². The molecule has 0 saturated carbocycles. The molecule has 0 saturated heterocycles. The highest BCUT2D eigenvalue weighted by atomic mass is 32.1. The average Bonchev–Trinajstić information content (AvgIpc) is 2.98. The van der Waals surface area contributed by atoms with Gasteiger partial charge in [-0.1, -0.05) is 12.1 Å². The Kier molecular flexibility index (Phi) is 4.78. The van der Waals surface area contributed by atoms with E-state index in [1.807, 2.05) is 30.5 Å². The highest BCUT2D eigenvalue weighted by Gasteiger charge is 2.08. The van der Waals surface area contributed by atoms with Gasteiger partial charge in [0.25, 0.3) is 0 Å². The summed E-state index contributed by atoms with van der Waals surface area (Å²) in [4.78, 5) is 14.1. The van der Waals surface area contributed by atoms with E-state index in [2.05, 4.69) is 22.1 Å². The first-order chi connectivity index (χ1) is 8.74. The van der Waals surface area contributed by atoms with Crippen LogP contribution in [0.4, 0.5) is 4.79 Å². The quantitative estimate of drug-likeness (QED) is 0.867. The summed E-state index contributed by atoms with van der Waals surface area (Å²) in [6.45, 7) is 2.61. The van der Waals surface area contributed by atoms with E-state index in [0.29, 0.717) is 6.54 Å². The van der Waals surface area contributed by atoms with Crippen molar-refractivity contribution >= 4 is 28.7 Å². The van der Waals surface area contributed by atoms with Crippen LogP contribution in [0.15, 0.2) is 35.0 Å². The lowest BCUT2D eigenvalue weighted by atomic mass is 10.2. The number of hydrogen-bond donors (Lipinski definition) is 2. The van der Waals surface area contributed by atoms with Crippen molar-refractivity contribution in [3.05, 3.63) is 44.8 Å². The Morgan fingerprint density at radius 1 is 1.22 bits per heavy atom. The molecule has 0 aliphatic heterocycles. The summed E-state index contributed by atoms with van der Waals surface area (Å²) in [5.74, 6) is 0. The summed E-state index contributed by atoms with van der Waals surface area (Å²) in [5, 5.41) is 9.86. The molecule has 2 rings (SSSR count). The number of thiophene rings is 2. The Bertz CT molecular complexity index is 465. The van der Waals surface area contributed by atoms with Gasteiger partial charge in [-0.3, -0.25) is 0 Å². The van der Waals surface area contributed by atoms with Gasteiger partial charge in [0.2, 0.25) is 0 Å². The minimum Gasteiger partial charge on any atom is -0.335 e. The molecule has 0 bridgehead atoms. The monoisotopic (exact) mass is 280 g/mol. The van der Waals surface area contributed by atoms with Crippen LogP contribution in [0.3, 0.4) is 0 Å². The zero-order chi connectivity index (χ0) is 12.8. The van der Waals surface area contributed by atoms with Gasteiger partial charge in [-0.15, -0.1) is 22.7 Å². The number of hydrogen-bond acceptors (Lipinski definition) is 3. The van der Waals surface area contributed by atoms with E-state index in [1.165, 1.54) is 4.88 Å². The largest absolute Gasteiger partial charge is 0.335 e. The molecular formula is C13H16N2OS2. The summed E-state index contributed by atoms with van der Waals surface area (Å²) < 4.78 is 0. The first kappa shape index (κ1) is 13.1. The van der Waals surface area contributed by atoms with E-state index >= 15 is 0 Å². The zero-order valence-electron chi connectivity index (χ0n) is 10.2. The lowest BCUT2D eigenvalue weighted by Crippen LogP contribution is -2.41. The third-order valence-corrected chi connectivity index (χ3v) is 4.24. The van der Waals surface area contributed by atoms with Gasteiger partial charge in [-0.05, 0) is 29.8 Å². The predicted octanol–water partition coefficient (Wildman–Crippen LogP) is 3.24. The lowest BCUT2D eigenvalue weighted by molar-refractivity contribution is 0.237. The van der Waals surface area contributed by atoms with E-state index in [-0.39, 0.29) is 12.1 Å². The van der Waals surface area contributed by atoms with Crippen molar-refractivity contribution in [1.29, 1.82) is 0 Å². The Balaban J connectivity index is 1.70. The van der Waals surface area contributed by atoms with Crippen LogP contribution in [-0.2, 0) is 13.0 Å². The SMILES string of the molecule is C[C@@H](Cc1cccs1)NC(=O)NCc1cccs1. The van der Waals surface area contributed by atoms with Crippen LogP contribution < -0.4 is 10.6 Å². The van der Waals surface area contributed by atoms with E-state index in [9.17, 15) is 4.79 Å². The topological polar surface area (TPSA) is 41.1 Å². The van der Waals surface area contributed by atoms with Crippen molar-refractivity contribution in [2.75, 3.05) is 0 Å². The second-order valence-corrected chi connectivity index (χ2v) is 6.16. The minimum atomic E-state index is -0.104. The Morgan fingerprint density at radius 2 is 1.89 bits per heavy atom. The molecule has 3 nitrogen and oxygen atoms in total. The maximum absolute atomic E-state index is 11.7. The number of rotatable bonds is 5. The summed E-state index contributed by atoms with van der Waals surface area (Å²) in [6, 6.07) is 8.16. The van der Waals surface area contributed by atoms with Crippen LogP contribution in [0, 0.1) is 0 Å². The third-order valence-electron chi connectivity index (χ3n) is 2.47. The second-order valence-electron chi connectivity index (χ2n) is 4.09. The second kappa shape index (κ2) is 6.56. The van der Waals surface area contributed by atoms with Crippen LogP contribution in [-0.4, -0.2) is 12.1 Å². The molecule has 2 aromatic heterocycles. The fourth-order valence-electron chi connectivity index (χ4n) is 1.64. The number of amides is 2. The molecule has 96 valence electrons. The molecule has 2 amide bonds. The maximum Gasteiger partial charge on any atom is 0.315 e. The molecule has 5 heteroatoms. The third kappa shape index (κ3) is 4.16. The lowest BCUT2D eigenvalue weighted by Gasteiger charge is -2.13. The van der Waals surface area contributed by atoms with Crippen LogP contribution in [0.1, 0.15) is 16.7 Å². The van der Waals surface area contributed by atoms with Gasteiger partial charge >= 0.3 is 6.03 Å². The van der Waals surface area contributed by atoms with Gasteiger partial charge in [0, 0.05) is 22.2 Å². The highest BCUT2D eigenvalue weighted by Crippen LogP contribution is 2.11. The van der Waals surface area contributed by atoms with Crippen molar-refractivity contribution in [2.24, 2.45) is 0 Å². The van der Waals surface area contributed by atoms with Gasteiger partial charge in [0.05, 0.1) is 6.54 Å². The summed E-state index contributed by atoms with van der Waals surface area (Å²) in [6.07, 6.45) is 0.879. The van der Waals surface area contributed by atoms with Gasteiger partial charge < -0.3 is 10.6 Å². The maximum atomic E-state index is 11.7. The summed E-state index contributed by atoms with van der Waals surface area (Å²) in [7, 11) is 0. The van der Waals surface area contributed by atoms with Gasteiger partial charge in [0.1, 0.15) is 0 Å². The smallest absolute Gasteiger partial charge is 0.315 e. The molecule has 0 aliphatic carbocycles. The molecule has 0 aliphatic rings. The Labute approximate surface area is 115 Å². The number of urea groups is 1. The van der Waals surface area contributed by atoms with Crippen molar-refractivity contribution in [3.63, 3.8) is 0 Å². The Hall–Kier alpha value is -1.33. The van der Waals surface area contributed by atoms with Gasteiger partial charge in [0.15, 0.2) is 0 Å². The molecule has 0 fully saturated rings. The first-order valence-electron chi connectivity index (χ1n) is 5.83. The normalized spacial score (nSPS) is 12.1. The van der Waals surface area contributed by atoms with Crippen molar-refractivity contribution < 1.29 is 4.79 Å². The predicted molar refractivity (Wildman–Crippen MR) is 77.2 cm³/mol. The molecule has 0 unspecified atom stereocenters. The molecular weight excluding hydrogens is 264 g/mol. The average molecular weight is 280 g/mol. The molecule has 1 atom stereocenters. The molecule has 0 aromatic carbocycles. The highest BCUT2D eigenvalue weighted by molar-refractivity contribution is 7.10. The first-order valence-corrected chi connectivity index (χ1v) is 7.59. The molecule has 2 aromatic rings. The van der Waals surface area contributed by atoms with Crippen LogP contribution in [0.5, 0.6) is 0 Å². The van der Waals surface area contributed by atoms with Crippen LogP contribution in [0.2, 0.25) is 0 Å². The van der Waals surface area contributed by atoms with Gasteiger partial charge in [-0.25, -0.2) is 4.79 Å². The minimum absolute atomic E-state index is 0.104. The van der Waals surface area contributed by atoms with E-state index in [1.54, 1.807) is 22.7 Å². The zero-order valence-corrected chi connectivity index (χ0v) is 11.8. The van der Waals surface area contributed by atoms with Crippen molar-refractivity contribution in [1.82, 2.24) is 10.6 Å². The Morgan fingerprint density at radius 3 is 2.50 bits per heavy atom. The molecule has 0 spiro atoms. The fourth-order valence-corrected chi connectivity index (χ4v) is 3.12. The summed E-state index contributed by atoms with van der Waals surface area (Å²) in [5.41, 5.74) is 0. The fraction of sp³-hybridized carbons (Fsp3) is 0.308. The number of nitrogens with one attached hydrogen (secondary N) is 2. The number of carbonyl (C=O) groups excluding carboxylic acids is 1. The van der Waals surface area contributed by atoms with Crippen molar-refractivity contribution in [3.8, 4) is 0 Å². The van der Waals surface area contributed by atoms with E-state index < -0.39 is 0 Å². The van der Waals surface area contributed by atoms with Crippen molar-refractivity contribution in [2.45, 2.75) is 25.9 Å². The van der Waals surface area contributed by atoms with Crippen LogP contribution in [0.25, 0.3) is 0 Å². The molecule has 0 radical (unpaired) electrons. The molecule has 18 heavy (non-hydrogen) atoms. The number of carbonyl (C=O) groups is 1. The molecule has 2 N–H and O–H groups in total. The standard InChI is InChI=1S/C13H16N2OS2/c1-10(8-11-4-2-6-17-11)15-13(16)14-9-12-5-3-7-18-12/h2-7,10H,8-9H2,1H3,(H2,14,15,16)/t10-/m0/s1.